The molecule has 0 bridgehead atoms. The number of aliphatic hydroxyl groups is 1. The summed E-state index contributed by atoms with van der Waals surface area (Å²) in [4.78, 5) is 33.5. The summed E-state index contributed by atoms with van der Waals surface area (Å²) >= 11 is 2.21. The number of hydrogen-bond donors (Lipinski definition) is 1. The topological polar surface area (TPSA) is 66.8 Å². The first-order valence-electron chi connectivity index (χ1n) is 13.8. The summed E-state index contributed by atoms with van der Waals surface area (Å²) in [6.07, 6.45) is 0.864. The van der Waals surface area contributed by atoms with Crippen LogP contribution in [-0.2, 0) is 14.4 Å². The number of halogens is 3. The summed E-state index contributed by atoms with van der Waals surface area (Å²) in [6.45, 7) is 4.34. The molecule has 0 unspecified atom stereocenters. The standard InChI is InChI=1S/C30H34F3NO4S2/c1-27-9-8-19(35)13-23(27)24(32)14-22-21-12-18-16-34(10-11-39-20-6-4-3-5-7-20)38-30(18,26(37)40-17-31)28(21,2)15-25(36)29(22,27)33/h3-9,13,18,21-22,24-25,36H,10-12,14-17H2,1-2H3/t18-,21-,22-,24-,25-,27-,28-,29-,30-/m0/s1. The van der Waals surface area contributed by atoms with Gasteiger partial charge in [-0.1, -0.05) is 43.0 Å². The number of carbonyl (C=O) groups is 2. The molecule has 0 radical (unpaired) electrons. The zero-order valence-corrected chi connectivity index (χ0v) is 24.2. The van der Waals surface area contributed by atoms with E-state index in [1.54, 1.807) is 23.7 Å². The van der Waals surface area contributed by atoms with E-state index in [-0.39, 0.29) is 24.3 Å². The van der Waals surface area contributed by atoms with Gasteiger partial charge in [0, 0.05) is 46.4 Å². The van der Waals surface area contributed by atoms with Crippen molar-refractivity contribution in [3.05, 3.63) is 54.1 Å². The molecule has 0 amide bonds. The van der Waals surface area contributed by atoms with Crippen LogP contribution in [0.15, 0.2) is 59.0 Å². The number of rotatable bonds is 6. The number of nitrogens with zero attached hydrogens (tertiary/aromatic N) is 1. The monoisotopic (exact) mass is 593 g/mol. The minimum atomic E-state index is -2.23. The average Bonchev–Trinajstić information content (AvgIpc) is 3.40. The van der Waals surface area contributed by atoms with Crippen LogP contribution in [0.2, 0.25) is 0 Å². The Balaban J connectivity index is 1.32. The van der Waals surface area contributed by atoms with Gasteiger partial charge in [0.1, 0.15) is 12.2 Å². The Morgan fingerprint density at radius 2 is 1.95 bits per heavy atom. The number of thioether (sulfide) groups is 2. The molecule has 6 rings (SSSR count). The molecule has 1 N–H and O–H groups in total. The van der Waals surface area contributed by atoms with Gasteiger partial charge in [-0.3, -0.25) is 14.4 Å². The maximum atomic E-state index is 17.5. The minimum Gasteiger partial charge on any atom is -0.390 e. The molecule has 0 aromatic heterocycles. The highest BCUT2D eigenvalue weighted by atomic mass is 32.2. The zero-order chi connectivity index (χ0) is 28.5. The van der Waals surface area contributed by atoms with Crippen LogP contribution in [0.1, 0.15) is 33.1 Å². The fourth-order valence-corrected chi connectivity index (χ4v) is 10.4. The number of carbonyl (C=O) groups excluding carboxylic acids is 2. The molecule has 1 aromatic rings. The molecule has 1 heterocycles. The summed E-state index contributed by atoms with van der Waals surface area (Å²) in [5.74, 6) is -1.42. The molecule has 0 spiro atoms. The molecule has 40 heavy (non-hydrogen) atoms. The lowest BCUT2D eigenvalue weighted by atomic mass is 9.44. The highest BCUT2D eigenvalue weighted by Crippen LogP contribution is 2.73. The molecule has 1 saturated heterocycles. The molecule has 5 nitrogen and oxygen atoms in total. The number of hydroxylamine groups is 2. The van der Waals surface area contributed by atoms with E-state index in [1.165, 1.54) is 18.2 Å². The molecular weight excluding hydrogens is 559 g/mol. The normalized spacial score (nSPS) is 44.0. The fourth-order valence-electron chi connectivity index (χ4n) is 8.74. The number of allylic oxidation sites excluding steroid dienone is 4. The predicted molar refractivity (Wildman–Crippen MR) is 149 cm³/mol. The second-order valence-corrected chi connectivity index (χ2v) is 14.3. The van der Waals surface area contributed by atoms with Crippen molar-refractivity contribution in [2.24, 2.45) is 28.6 Å². The third-order valence-electron chi connectivity index (χ3n) is 10.5. The first kappa shape index (κ1) is 28.5. The molecule has 4 fully saturated rings. The number of benzene rings is 1. The smallest absolute Gasteiger partial charge is 0.226 e. The SMILES string of the molecule is C[C@]12C=CC(=O)C=C1[C@@H](F)C[C@H]1[C@@H]3C[C@H]4CN(CCSc5ccccc5)O[C@@]4(C(=O)SCF)[C@@]3(C)C[C@H](O)[C@@]12F. The zero-order valence-electron chi connectivity index (χ0n) is 22.5. The molecule has 5 aliphatic rings. The van der Waals surface area contributed by atoms with Gasteiger partial charge in [0.2, 0.25) is 5.12 Å². The fraction of sp³-hybridized carbons (Fsp3) is 0.600. The number of aliphatic hydroxyl groups excluding tert-OH is 1. The van der Waals surface area contributed by atoms with Crippen molar-refractivity contribution in [2.75, 3.05) is 24.8 Å². The first-order valence-corrected chi connectivity index (χ1v) is 15.8. The van der Waals surface area contributed by atoms with E-state index in [9.17, 15) is 19.1 Å². The maximum Gasteiger partial charge on any atom is 0.226 e. The third-order valence-corrected chi connectivity index (χ3v) is 12.2. The van der Waals surface area contributed by atoms with Crippen LogP contribution in [0.3, 0.4) is 0 Å². The third kappa shape index (κ3) is 3.81. The Hall–Kier alpha value is -1.59. The van der Waals surface area contributed by atoms with Gasteiger partial charge < -0.3 is 5.11 Å². The Bertz CT molecular complexity index is 1260. The minimum absolute atomic E-state index is 0.0664. The van der Waals surface area contributed by atoms with Crippen molar-refractivity contribution in [3.63, 3.8) is 0 Å². The summed E-state index contributed by atoms with van der Waals surface area (Å²) in [5, 5.41) is 12.9. The van der Waals surface area contributed by atoms with Gasteiger partial charge in [-0.2, -0.15) is 5.06 Å². The van der Waals surface area contributed by atoms with Crippen molar-refractivity contribution in [3.8, 4) is 0 Å². The Labute approximate surface area is 240 Å². The summed E-state index contributed by atoms with van der Waals surface area (Å²) in [5.41, 5.74) is -6.14. The molecule has 3 saturated carbocycles. The first-order chi connectivity index (χ1) is 19.0. The van der Waals surface area contributed by atoms with Gasteiger partial charge >= 0.3 is 0 Å². The number of fused-ring (bicyclic) bond motifs is 7. The van der Waals surface area contributed by atoms with Gasteiger partial charge in [0.15, 0.2) is 17.1 Å². The van der Waals surface area contributed by atoms with Gasteiger partial charge in [-0.15, -0.1) is 11.8 Å². The van der Waals surface area contributed by atoms with Gasteiger partial charge in [0.05, 0.1) is 6.10 Å². The van der Waals surface area contributed by atoms with E-state index in [0.717, 1.165) is 4.90 Å². The van der Waals surface area contributed by atoms with Crippen LogP contribution >= 0.6 is 23.5 Å². The average molecular weight is 594 g/mol. The summed E-state index contributed by atoms with van der Waals surface area (Å²) in [6, 6.07) is 9.01. The largest absolute Gasteiger partial charge is 0.390 e. The van der Waals surface area contributed by atoms with Crippen LogP contribution in [0.25, 0.3) is 0 Å². The second kappa shape index (κ2) is 10.0. The number of alkyl halides is 3. The molecular formula is C30H34F3NO4S2. The lowest BCUT2D eigenvalue weighted by Crippen LogP contribution is -2.70. The van der Waals surface area contributed by atoms with Crippen LogP contribution in [0.4, 0.5) is 13.2 Å². The van der Waals surface area contributed by atoms with Crippen molar-refractivity contribution in [2.45, 2.75) is 61.6 Å². The summed E-state index contributed by atoms with van der Waals surface area (Å²) < 4.78 is 46.8. The molecule has 216 valence electrons. The van der Waals surface area contributed by atoms with Crippen LogP contribution in [0, 0.1) is 28.6 Å². The lowest BCUT2D eigenvalue weighted by molar-refractivity contribution is -0.262. The van der Waals surface area contributed by atoms with E-state index in [1.807, 2.05) is 37.3 Å². The second-order valence-electron chi connectivity index (χ2n) is 12.2. The van der Waals surface area contributed by atoms with E-state index < -0.39 is 63.1 Å². The van der Waals surface area contributed by atoms with E-state index in [4.69, 9.17) is 4.84 Å². The van der Waals surface area contributed by atoms with Crippen LogP contribution in [-0.4, -0.2) is 69.5 Å². The molecule has 9 atom stereocenters. The van der Waals surface area contributed by atoms with Gasteiger partial charge in [-0.25, -0.2) is 13.2 Å². The van der Waals surface area contributed by atoms with Crippen molar-refractivity contribution >= 4 is 34.4 Å². The number of hydrogen-bond acceptors (Lipinski definition) is 7. The van der Waals surface area contributed by atoms with Crippen molar-refractivity contribution in [1.29, 1.82) is 0 Å². The molecule has 10 heteroatoms. The van der Waals surface area contributed by atoms with Crippen LogP contribution in [0.5, 0.6) is 0 Å². The Kier molecular flexibility index (Phi) is 7.13. The van der Waals surface area contributed by atoms with Crippen molar-refractivity contribution in [1.82, 2.24) is 5.06 Å². The molecule has 1 aliphatic heterocycles. The predicted octanol–water partition coefficient (Wildman–Crippen LogP) is 5.50. The van der Waals surface area contributed by atoms with Crippen LogP contribution < -0.4 is 0 Å². The molecule has 4 aliphatic carbocycles. The highest BCUT2D eigenvalue weighted by Gasteiger charge is 2.79. The highest BCUT2D eigenvalue weighted by molar-refractivity contribution is 8.13. The van der Waals surface area contributed by atoms with E-state index in [0.29, 0.717) is 37.0 Å². The lowest BCUT2D eigenvalue weighted by Gasteiger charge is -2.63. The van der Waals surface area contributed by atoms with E-state index in [2.05, 4.69) is 0 Å². The quantitative estimate of drug-likeness (QED) is 0.437. The maximum absolute atomic E-state index is 17.5. The Morgan fingerprint density at radius 3 is 2.67 bits per heavy atom. The van der Waals surface area contributed by atoms with E-state index >= 15 is 8.78 Å². The summed E-state index contributed by atoms with van der Waals surface area (Å²) in [7, 11) is 0. The Morgan fingerprint density at radius 1 is 1.20 bits per heavy atom. The molecule has 1 aromatic carbocycles. The van der Waals surface area contributed by atoms with Crippen molar-refractivity contribution < 1.29 is 32.7 Å². The number of ketones is 1. The van der Waals surface area contributed by atoms with Gasteiger partial charge in [-0.05, 0) is 62.0 Å². The van der Waals surface area contributed by atoms with Gasteiger partial charge in [0.25, 0.3) is 0 Å².